The van der Waals surface area contributed by atoms with Gasteiger partial charge in [-0.1, -0.05) is 37.6 Å². The van der Waals surface area contributed by atoms with E-state index in [1.807, 2.05) is 26.8 Å². The first-order valence-electron chi connectivity index (χ1n) is 21.9. The van der Waals surface area contributed by atoms with Crippen LogP contribution in [-0.2, 0) is 60.9 Å². The first kappa shape index (κ1) is 48.7. The van der Waals surface area contributed by atoms with E-state index < -0.39 is 112 Å². The van der Waals surface area contributed by atoms with Gasteiger partial charge in [0.15, 0.2) is 24.0 Å². The summed E-state index contributed by atoms with van der Waals surface area (Å²) < 4.78 is 23.6. The molecule has 5 N–H and O–H groups in total. The largest absolute Gasteiger partial charge is 0.460 e. The Balaban J connectivity index is 1.11. The summed E-state index contributed by atoms with van der Waals surface area (Å²) in [5.74, 6) is -4.44. The third-order valence-electron chi connectivity index (χ3n) is 15.6. The van der Waals surface area contributed by atoms with E-state index in [0.717, 1.165) is 5.57 Å². The molecule has 0 amide bonds. The summed E-state index contributed by atoms with van der Waals surface area (Å²) in [5.41, 5.74) is -5.97. The summed E-state index contributed by atoms with van der Waals surface area (Å²) in [7, 11) is 0. The molecule has 4 fully saturated rings. The smallest absolute Gasteiger partial charge is 0.306 e. The number of nitrogens with zero attached hydrogens (tertiary/aromatic N) is 3. The second-order valence-corrected chi connectivity index (χ2v) is 20.5. The zero-order valence-electron chi connectivity index (χ0n) is 37.8. The molecule has 3 saturated carbocycles. The van der Waals surface area contributed by atoms with E-state index >= 15 is 0 Å². The highest BCUT2D eigenvalue weighted by Gasteiger charge is 2.75. The molecule has 1 saturated heterocycles. The van der Waals surface area contributed by atoms with Gasteiger partial charge in [-0.25, -0.2) is 0 Å². The highest BCUT2D eigenvalue weighted by molar-refractivity contribution is 6.00. The summed E-state index contributed by atoms with van der Waals surface area (Å²) in [6.45, 7) is 14.7. The average molecular weight is 888 g/mol. The first-order valence-corrected chi connectivity index (χ1v) is 21.9. The minimum Gasteiger partial charge on any atom is -0.460 e. The normalized spacial score (nSPS) is 37.3. The monoisotopic (exact) mass is 887 g/mol. The van der Waals surface area contributed by atoms with Gasteiger partial charge in [0, 0.05) is 50.0 Å². The van der Waals surface area contributed by atoms with Crippen LogP contribution in [0.25, 0.3) is 0 Å². The minimum absolute atomic E-state index is 0.0409. The number of aryl methyl sites for hydroxylation is 1. The van der Waals surface area contributed by atoms with Crippen LogP contribution in [0.15, 0.2) is 17.8 Å². The standard InChI is InChI=1S/C45H65N3O15/c1-23(50)63-40(2,3)15-14-31(52)45(9,59)37-27(51)18-42(6)30-13-12-25-26(44(30,8)32(53)19-43(37,42)7)17-28(38(58)41(25,4)5)61-33(54)11-10-16-48-20-24(46-47-48)22-60-39-36(57)35(56)34(55)29(21-49)62-39/h12,20,26,28-30,34-37,39,49,55-57,59H,10-11,13-19,21-22H2,1-9H3/t26-,28+,29-,30+,34-,35+,36-,37+,39-,42+,43-,44+,45+/m1/s1. The van der Waals surface area contributed by atoms with Crippen molar-refractivity contribution in [3.63, 3.8) is 0 Å². The number of ether oxygens (including phenoxy) is 4. The van der Waals surface area contributed by atoms with E-state index in [9.17, 15) is 54.3 Å². The second kappa shape index (κ2) is 17.2. The van der Waals surface area contributed by atoms with E-state index in [0.29, 0.717) is 12.1 Å². The number of allylic oxidation sites excluding steroid dienone is 2. The van der Waals surface area contributed by atoms with Gasteiger partial charge in [0.25, 0.3) is 0 Å². The van der Waals surface area contributed by atoms with Crippen molar-refractivity contribution in [3.05, 3.63) is 23.5 Å². The first-order chi connectivity index (χ1) is 29.1. The molecule has 63 heavy (non-hydrogen) atoms. The van der Waals surface area contributed by atoms with Gasteiger partial charge in [-0.05, 0) is 83.0 Å². The Kier molecular flexibility index (Phi) is 13.3. The van der Waals surface area contributed by atoms with Gasteiger partial charge < -0.3 is 44.5 Å². The number of aliphatic hydroxyl groups excluding tert-OH is 4. The SMILES string of the molecule is CC(=O)OC(C)(C)CCC(=O)[C@](C)(O)[C@H]1C(=O)C[C@@]2(C)[C@@H]3CC=C4[C@@H](C[C@H](OC(=O)CCCn5cc(CO[C@@H]6O[C@H](CO)[C@@H](O)[C@H](O)[C@H]6O)nn5)C(=O)C4(C)C)[C@]3(C)C(=O)C[C@]12C. The van der Waals surface area contributed by atoms with Crippen LogP contribution in [0.3, 0.4) is 0 Å². The fourth-order valence-electron chi connectivity index (χ4n) is 11.9. The number of hydrogen-bond donors (Lipinski definition) is 5. The summed E-state index contributed by atoms with van der Waals surface area (Å²) in [6.07, 6.45) is -4.10. The molecule has 0 unspecified atom stereocenters. The van der Waals surface area contributed by atoms with Gasteiger partial charge in [0.2, 0.25) is 0 Å². The molecule has 350 valence electrons. The van der Waals surface area contributed by atoms with Crippen LogP contribution in [0.4, 0.5) is 0 Å². The Morgan fingerprint density at radius 1 is 0.968 bits per heavy atom. The van der Waals surface area contributed by atoms with E-state index in [4.69, 9.17) is 18.9 Å². The predicted octanol–water partition coefficient (Wildman–Crippen LogP) is 1.87. The number of hydrogen-bond acceptors (Lipinski definition) is 17. The lowest BCUT2D eigenvalue weighted by Crippen LogP contribution is -2.65. The fourth-order valence-corrected chi connectivity index (χ4v) is 11.9. The third kappa shape index (κ3) is 8.49. The number of rotatable bonds is 15. The summed E-state index contributed by atoms with van der Waals surface area (Å²) >= 11 is 0. The van der Waals surface area contributed by atoms with Crippen molar-refractivity contribution < 1.29 is 73.2 Å². The summed E-state index contributed by atoms with van der Waals surface area (Å²) in [6, 6.07) is 0. The maximum absolute atomic E-state index is 14.9. The molecule has 4 aliphatic carbocycles. The molecule has 5 aliphatic rings. The van der Waals surface area contributed by atoms with Crippen molar-refractivity contribution in [2.75, 3.05) is 6.61 Å². The molecule has 1 aromatic rings. The topological polar surface area (TPSA) is 271 Å². The maximum atomic E-state index is 14.9. The van der Waals surface area contributed by atoms with Gasteiger partial charge in [-0.3, -0.25) is 33.4 Å². The molecule has 0 bridgehead atoms. The molecule has 18 nitrogen and oxygen atoms in total. The number of aromatic nitrogens is 3. The van der Waals surface area contributed by atoms with Crippen molar-refractivity contribution >= 4 is 35.1 Å². The predicted molar refractivity (Wildman–Crippen MR) is 219 cm³/mol. The van der Waals surface area contributed by atoms with Crippen molar-refractivity contribution in [1.82, 2.24) is 15.0 Å². The quantitative estimate of drug-likeness (QED) is 0.124. The lowest BCUT2D eigenvalue weighted by Gasteiger charge is -2.64. The molecule has 0 aromatic carbocycles. The van der Waals surface area contributed by atoms with E-state index in [-0.39, 0.29) is 75.4 Å². The molecule has 1 aromatic heterocycles. The van der Waals surface area contributed by atoms with E-state index in [1.165, 1.54) is 18.5 Å². The van der Waals surface area contributed by atoms with Crippen LogP contribution < -0.4 is 0 Å². The van der Waals surface area contributed by atoms with Gasteiger partial charge in [-0.2, -0.15) is 0 Å². The fraction of sp³-hybridized carbons (Fsp3) is 0.778. The third-order valence-corrected chi connectivity index (χ3v) is 15.6. The zero-order valence-corrected chi connectivity index (χ0v) is 37.8. The Bertz CT molecular complexity index is 2020. The molecule has 6 rings (SSSR count). The molecule has 0 spiro atoms. The number of Topliss-reactive ketones (excluding diaryl/α,β-unsaturated/α-hetero) is 4. The van der Waals surface area contributed by atoms with Gasteiger partial charge in [-0.15, -0.1) is 5.10 Å². The average Bonchev–Trinajstić information content (AvgIpc) is 3.72. The molecule has 0 radical (unpaired) electrons. The molecule has 18 heteroatoms. The van der Waals surface area contributed by atoms with Gasteiger partial charge in [0.1, 0.15) is 52.9 Å². The summed E-state index contributed by atoms with van der Waals surface area (Å²) in [5, 5.41) is 59.7. The Hall–Kier alpha value is -3.78. The Morgan fingerprint density at radius 2 is 1.65 bits per heavy atom. The highest BCUT2D eigenvalue weighted by atomic mass is 16.7. The number of carbonyl (C=O) groups is 6. The van der Waals surface area contributed by atoms with Crippen LogP contribution in [0.5, 0.6) is 0 Å². The van der Waals surface area contributed by atoms with Crippen LogP contribution in [0.2, 0.25) is 0 Å². The highest BCUT2D eigenvalue weighted by Crippen LogP contribution is 2.73. The number of ketones is 4. The maximum Gasteiger partial charge on any atom is 0.306 e. The number of esters is 2. The lowest BCUT2D eigenvalue weighted by atomic mass is 9.38. The number of carbonyl (C=O) groups excluding carboxylic acids is 6. The molecule has 2 heterocycles. The van der Waals surface area contributed by atoms with Gasteiger partial charge >= 0.3 is 11.9 Å². The second-order valence-electron chi connectivity index (χ2n) is 20.5. The van der Waals surface area contributed by atoms with Crippen LogP contribution in [-0.4, -0.2) is 130 Å². The zero-order chi connectivity index (χ0) is 46.8. The van der Waals surface area contributed by atoms with Crippen molar-refractivity contribution in [3.8, 4) is 0 Å². The minimum atomic E-state index is -2.10. The van der Waals surface area contributed by atoms with E-state index in [1.54, 1.807) is 33.9 Å². The number of aliphatic hydroxyl groups is 5. The van der Waals surface area contributed by atoms with Crippen LogP contribution in [0.1, 0.15) is 119 Å². The van der Waals surface area contributed by atoms with E-state index in [2.05, 4.69) is 10.3 Å². The molecule has 1 aliphatic heterocycles. The lowest BCUT2D eigenvalue weighted by molar-refractivity contribution is -0.304. The van der Waals surface area contributed by atoms with Crippen LogP contribution >= 0.6 is 0 Å². The van der Waals surface area contributed by atoms with Crippen molar-refractivity contribution in [2.45, 2.75) is 175 Å². The summed E-state index contributed by atoms with van der Waals surface area (Å²) in [4.78, 5) is 81.9. The van der Waals surface area contributed by atoms with Crippen molar-refractivity contribution in [2.24, 2.45) is 39.4 Å². The molecule has 13 atom stereocenters. The number of fused-ring (bicyclic) bond motifs is 5. The van der Waals surface area contributed by atoms with Crippen molar-refractivity contribution in [1.29, 1.82) is 0 Å². The van der Waals surface area contributed by atoms with Crippen LogP contribution in [0, 0.1) is 39.4 Å². The molecular weight excluding hydrogens is 823 g/mol. The van der Waals surface area contributed by atoms with Gasteiger partial charge in [0.05, 0.1) is 25.3 Å². The Morgan fingerprint density at radius 3 is 2.30 bits per heavy atom. The molecular formula is C45H65N3O15. The Labute approximate surface area is 367 Å².